The molecule has 0 unspecified atom stereocenters. The van der Waals surface area contributed by atoms with E-state index in [0.29, 0.717) is 44.7 Å². The Balaban J connectivity index is 1.38. The van der Waals surface area contributed by atoms with Gasteiger partial charge in [-0.05, 0) is 0 Å². The van der Waals surface area contributed by atoms with Gasteiger partial charge in [-0.15, -0.1) is 0 Å². The molecule has 4 rings (SSSR count). The average Bonchev–Trinajstić information content (AvgIpc) is 3.21. The van der Waals surface area contributed by atoms with Gasteiger partial charge in [0.2, 0.25) is 5.91 Å². The maximum Gasteiger partial charge on any atom is 0.340 e. The Morgan fingerprint density at radius 3 is 2.77 bits per heavy atom. The maximum atomic E-state index is 12.4. The first-order chi connectivity index (χ1) is 12.7. The number of nitrogens with zero attached hydrogens (tertiary/aromatic N) is 5. The molecule has 1 aromatic carbocycles. The predicted molar refractivity (Wildman–Crippen MR) is 93.3 cm³/mol. The van der Waals surface area contributed by atoms with Crippen molar-refractivity contribution >= 4 is 5.91 Å². The molecule has 0 aliphatic carbocycles. The number of amides is 1. The Morgan fingerprint density at radius 2 is 2.00 bits per heavy atom. The first-order valence-corrected chi connectivity index (χ1v) is 8.59. The van der Waals surface area contributed by atoms with Gasteiger partial charge in [-0.1, -0.05) is 30.3 Å². The highest BCUT2D eigenvalue weighted by Gasteiger charge is 2.21. The summed E-state index contributed by atoms with van der Waals surface area (Å²) < 4.78 is 1.89. The summed E-state index contributed by atoms with van der Waals surface area (Å²) in [5.74, 6) is 2.17. The van der Waals surface area contributed by atoms with E-state index in [1.165, 1.54) is 0 Å². The summed E-state index contributed by atoms with van der Waals surface area (Å²) in [7, 11) is 0. The Labute approximate surface area is 149 Å². The fraction of sp³-hybridized carbons (Fsp3) is 0.353. The highest BCUT2D eigenvalue weighted by Crippen LogP contribution is 2.17. The summed E-state index contributed by atoms with van der Waals surface area (Å²) in [4.78, 5) is 32.5. The highest BCUT2D eigenvalue weighted by atomic mass is 16.2. The van der Waals surface area contributed by atoms with Gasteiger partial charge in [-0.2, -0.15) is 10.2 Å². The number of aromatic amines is 2. The van der Waals surface area contributed by atoms with E-state index in [0.717, 1.165) is 17.2 Å². The molecule has 9 heteroatoms. The van der Waals surface area contributed by atoms with E-state index in [1.807, 2.05) is 39.9 Å². The quantitative estimate of drug-likeness (QED) is 0.704. The number of nitrogens with one attached hydrogen (secondary N) is 2. The number of aryl methyl sites for hydroxylation is 1. The zero-order valence-electron chi connectivity index (χ0n) is 14.2. The van der Waals surface area contributed by atoms with E-state index in [9.17, 15) is 9.59 Å². The minimum atomic E-state index is -0.354. The van der Waals surface area contributed by atoms with Crippen LogP contribution >= 0.6 is 0 Å². The Hall–Kier alpha value is -3.23. The van der Waals surface area contributed by atoms with Crippen LogP contribution in [0.4, 0.5) is 0 Å². The summed E-state index contributed by atoms with van der Waals surface area (Å²) in [6, 6.07) is 9.88. The Kier molecular flexibility index (Phi) is 4.34. The number of hydrogen-bond donors (Lipinski definition) is 2. The molecular weight excluding hydrogens is 334 g/mol. The second kappa shape index (κ2) is 6.95. The van der Waals surface area contributed by atoms with Gasteiger partial charge in [0.05, 0.1) is 6.54 Å². The average molecular weight is 353 g/mol. The normalized spacial score (nSPS) is 14.1. The zero-order chi connectivity index (χ0) is 17.9. The van der Waals surface area contributed by atoms with Crippen LogP contribution in [-0.2, 0) is 24.2 Å². The minimum Gasteiger partial charge on any atom is -0.340 e. The molecule has 0 fully saturated rings. The molecular formula is C17H19N7O2. The molecule has 134 valence electrons. The van der Waals surface area contributed by atoms with Crippen LogP contribution in [0.25, 0.3) is 11.4 Å². The summed E-state index contributed by atoms with van der Waals surface area (Å²) >= 11 is 0. The van der Waals surface area contributed by atoms with Crippen LogP contribution in [0, 0.1) is 0 Å². The fourth-order valence-electron chi connectivity index (χ4n) is 3.07. The molecule has 2 N–H and O–H groups in total. The van der Waals surface area contributed by atoms with Gasteiger partial charge < -0.3 is 4.90 Å². The van der Waals surface area contributed by atoms with E-state index in [1.54, 1.807) is 0 Å². The molecule has 0 bridgehead atoms. The highest BCUT2D eigenvalue weighted by molar-refractivity contribution is 5.76. The lowest BCUT2D eigenvalue weighted by atomic mass is 10.2. The second-order valence-electron chi connectivity index (χ2n) is 6.20. The van der Waals surface area contributed by atoms with Crippen molar-refractivity contribution in [1.29, 1.82) is 0 Å². The van der Waals surface area contributed by atoms with Crippen molar-refractivity contribution in [2.75, 3.05) is 13.1 Å². The zero-order valence-corrected chi connectivity index (χ0v) is 14.2. The van der Waals surface area contributed by atoms with Crippen molar-refractivity contribution in [3.05, 3.63) is 52.5 Å². The van der Waals surface area contributed by atoms with Crippen LogP contribution in [0.1, 0.15) is 18.1 Å². The summed E-state index contributed by atoms with van der Waals surface area (Å²) in [5.41, 5.74) is 0.641. The van der Waals surface area contributed by atoms with Crippen molar-refractivity contribution in [2.24, 2.45) is 0 Å². The minimum absolute atomic E-state index is 0.0443. The molecule has 0 radical (unpaired) electrons. The maximum absolute atomic E-state index is 12.4. The number of benzene rings is 1. The monoisotopic (exact) mass is 353 g/mol. The lowest BCUT2D eigenvalue weighted by molar-refractivity contribution is -0.131. The predicted octanol–water partition coefficient (Wildman–Crippen LogP) is 0.374. The lowest BCUT2D eigenvalue weighted by Crippen LogP contribution is -2.34. The van der Waals surface area contributed by atoms with Gasteiger partial charge in [0.15, 0.2) is 5.82 Å². The number of aromatic nitrogens is 6. The summed E-state index contributed by atoms with van der Waals surface area (Å²) in [6.45, 7) is 1.84. The Morgan fingerprint density at radius 1 is 1.15 bits per heavy atom. The molecule has 1 aliphatic rings. The number of carbonyl (C=O) groups excluding carboxylic acids is 1. The molecule has 0 atom stereocenters. The van der Waals surface area contributed by atoms with Gasteiger partial charge in [0.1, 0.15) is 11.6 Å². The molecule has 3 aromatic rings. The van der Waals surface area contributed by atoms with Gasteiger partial charge in [-0.25, -0.2) is 19.6 Å². The second-order valence-corrected chi connectivity index (χ2v) is 6.20. The third-order valence-electron chi connectivity index (χ3n) is 4.45. The van der Waals surface area contributed by atoms with Gasteiger partial charge in [-0.3, -0.25) is 9.78 Å². The molecule has 0 saturated carbocycles. The van der Waals surface area contributed by atoms with Crippen LogP contribution in [0.2, 0.25) is 0 Å². The number of rotatable bonds is 4. The van der Waals surface area contributed by atoms with Crippen molar-refractivity contribution in [2.45, 2.75) is 25.8 Å². The molecule has 9 nitrogen and oxygen atoms in total. The van der Waals surface area contributed by atoms with E-state index >= 15 is 0 Å². The van der Waals surface area contributed by atoms with Crippen molar-refractivity contribution in [1.82, 2.24) is 34.8 Å². The van der Waals surface area contributed by atoms with Crippen molar-refractivity contribution in [3.63, 3.8) is 0 Å². The number of fused-ring (bicyclic) bond motifs is 1. The molecule has 26 heavy (non-hydrogen) atoms. The van der Waals surface area contributed by atoms with Gasteiger partial charge in [0.25, 0.3) is 0 Å². The molecule has 1 amide bonds. The van der Waals surface area contributed by atoms with E-state index in [-0.39, 0.29) is 11.6 Å². The molecule has 1 aliphatic heterocycles. The van der Waals surface area contributed by atoms with Crippen LogP contribution in [0.5, 0.6) is 0 Å². The van der Waals surface area contributed by atoms with E-state index in [4.69, 9.17) is 0 Å². The molecule has 3 heterocycles. The third-order valence-corrected chi connectivity index (χ3v) is 4.45. The SMILES string of the molecule is O=C(CCc1n[nH]c(=O)[nH]1)N1CCc2nc(-c3ccccc3)nn2CC1. The van der Waals surface area contributed by atoms with Crippen LogP contribution in [0.3, 0.4) is 0 Å². The topological polar surface area (TPSA) is 113 Å². The fourth-order valence-corrected chi connectivity index (χ4v) is 3.07. The number of hydrogen-bond acceptors (Lipinski definition) is 5. The van der Waals surface area contributed by atoms with Crippen LogP contribution < -0.4 is 5.69 Å². The number of H-pyrrole nitrogens is 2. The molecule has 0 saturated heterocycles. The van der Waals surface area contributed by atoms with Crippen LogP contribution in [0.15, 0.2) is 35.1 Å². The lowest BCUT2D eigenvalue weighted by Gasteiger charge is -2.19. The summed E-state index contributed by atoms with van der Waals surface area (Å²) in [5, 5.41) is 10.7. The van der Waals surface area contributed by atoms with E-state index < -0.39 is 0 Å². The van der Waals surface area contributed by atoms with Gasteiger partial charge in [0, 0.05) is 37.9 Å². The Bertz CT molecular complexity index is 931. The first-order valence-electron chi connectivity index (χ1n) is 8.59. The smallest absolute Gasteiger partial charge is 0.340 e. The number of carbonyl (C=O) groups is 1. The first kappa shape index (κ1) is 16.2. The van der Waals surface area contributed by atoms with Crippen LogP contribution in [-0.4, -0.2) is 53.8 Å². The van der Waals surface area contributed by atoms with Gasteiger partial charge >= 0.3 is 5.69 Å². The van der Waals surface area contributed by atoms with Crippen molar-refractivity contribution in [3.8, 4) is 11.4 Å². The van der Waals surface area contributed by atoms with Crippen molar-refractivity contribution < 1.29 is 4.79 Å². The van der Waals surface area contributed by atoms with E-state index in [2.05, 4.69) is 25.3 Å². The largest absolute Gasteiger partial charge is 0.340 e. The standard InChI is InChI=1S/C17H19N7O2/c25-15(7-6-13-18-17(26)21-20-13)23-9-8-14-19-16(22-24(14)11-10-23)12-4-2-1-3-5-12/h1-5H,6-11H2,(H2,18,20,21,26). The molecule has 0 spiro atoms. The third kappa shape index (κ3) is 3.41. The summed E-state index contributed by atoms with van der Waals surface area (Å²) in [6.07, 6.45) is 1.39. The molecule has 2 aromatic heterocycles.